The van der Waals surface area contributed by atoms with Gasteiger partial charge in [0.15, 0.2) is 11.6 Å². The Morgan fingerprint density at radius 2 is 1.65 bits per heavy atom. The Morgan fingerprint density at radius 3 is 2.26 bits per heavy atom. The first kappa shape index (κ1) is 14.9. The number of aromatic amines is 1. The number of nitrogens with zero attached hydrogens (tertiary/aromatic N) is 1. The third kappa shape index (κ3) is 2.19. The smallest absolute Gasteiger partial charge is 0.252 e. The van der Waals surface area contributed by atoms with Gasteiger partial charge in [-0.3, -0.25) is 9.59 Å². The lowest BCUT2D eigenvalue weighted by atomic mass is 10.0. The summed E-state index contributed by atoms with van der Waals surface area (Å²) in [5.41, 5.74) is -0.0587. The van der Waals surface area contributed by atoms with Crippen molar-refractivity contribution in [2.24, 2.45) is 0 Å². The highest BCUT2D eigenvalue weighted by Crippen LogP contribution is 2.28. The number of imidazole rings is 1. The molecule has 0 spiro atoms. The second-order valence-electron chi connectivity index (χ2n) is 4.66. The maximum Gasteiger partial charge on any atom is 0.252 e. The van der Waals surface area contributed by atoms with Gasteiger partial charge >= 0.3 is 0 Å². The number of fused-ring (bicyclic) bond motifs is 1. The monoisotopic (exact) mass is 320 g/mol. The van der Waals surface area contributed by atoms with Gasteiger partial charge in [-0.25, -0.2) is 13.8 Å². The van der Waals surface area contributed by atoms with Gasteiger partial charge in [-0.05, 0) is 18.2 Å². The van der Waals surface area contributed by atoms with Crippen molar-refractivity contribution in [1.82, 2.24) is 9.97 Å². The zero-order chi connectivity index (χ0) is 16.7. The number of Topliss-reactive ketones (excluding diaryl/α,β-unsaturated/α-hetero) is 2. The van der Waals surface area contributed by atoms with Crippen molar-refractivity contribution in [2.75, 3.05) is 14.2 Å². The molecular formula is C15H10F2N2O4. The summed E-state index contributed by atoms with van der Waals surface area (Å²) in [5.74, 6) is -3.77. The summed E-state index contributed by atoms with van der Waals surface area (Å²) < 4.78 is 36.2. The number of carbonyl (C=O) groups excluding carboxylic acids is 2. The van der Waals surface area contributed by atoms with E-state index < -0.39 is 23.2 Å². The molecule has 1 aliphatic carbocycles. The molecule has 1 heterocycles. The number of hydrogen-bond acceptors (Lipinski definition) is 5. The molecular weight excluding hydrogens is 310 g/mol. The number of hydrogen-bond donors (Lipinski definition) is 1. The van der Waals surface area contributed by atoms with E-state index in [9.17, 15) is 18.4 Å². The zero-order valence-corrected chi connectivity index (χ0v) is 12.1. The van der Waals surface area contributed by atoms with E-state index in [0.717, 1.165) is 12.1 Å². The molecule has 1 aromatic heterocycles. The van der Waals surface area contributed by atoms with Crippen LogP contribution in [0.15, 0.2) is 29.7 Å². The number of benzene rings is 1. The van der Waals surface area contributed by atoms with Gasteiger partial charge in [0.2, 0.25) is 17.3 Å². The molecule has 0 fully saturated rings. The fraction of sp³-hybridized carbons (Fsp3) is 0.133. The predicted octanol–water partition coefficient (Wildman–Crippen LogP) is 2.24. The first-order chi connectivity index (χ1) is 11.0. The summed E-state index contributed by atoms with van der Waals surface area (Å²) in [6.07, 6.45) is 0. The summed E-state index contributed by atoms with van der Waals surface area (Å²) in [5, 5.41) is 0. The first-order valence-electron chi connectivity index (χ1n) is 6.45. The molecule has 0 saturated carbocycles. The third-order valence-electron chi connectivity index (χ3n) is 3.37. The van der Waals surface area contributed by atoms with Crippen LogP contribution >= 0.6 is 0 Å². The van der Waals surface area contributed by atoms with Gasteiger partial charge in [0.25, 0.3) is 5.78 Å². The van der Waals surface area contributed by atoms with Gasteiger partial charge in [-0.15, -0.1) is 0 Å². The topological polar surface area (TPSA) is 81.3 Å². The molecule has 1 aromatic carbocycles. The lowest BCUT2D eigenvalue weighted by Crippen LogP contribution is -2.24. The van der Waals surface area contributed by atoms with E-state index in [0.29, 0.717) is 0 Å². The van der Waals surface area contributed by atoms with Gasteiger partial charge < -0.3 is 14.5 Å². The summed E-state index contributed by atoms with van der Waals surface area (Å²) in [4.78, 5) is 31.3. The number of methoxy groups -OCH3 is 2. The minimum Gasteiger partial charge on any atom is -0.489 e. The molecule has 0 saturated heterocycles. The van der Waals surface area contributed by atoms with Crippen molar-refractivity contribution in [3.05, 3.63) is 52.7 Å². The Labute approximate surface area is 128 Å². The molecule has 0 amide bonds. The molecule has 6 nitrogen and oxygen atoms in total. The van der Waals surface area contributed by atoms with Gasteiger partial charge in [0.1, 0.15) is 17.2 Å². The number of H-pyrrole nitrogens is 1. The number of carbonyl (C=O) groups is 2. The minimum absolute atomic E-state index is 0.0587. The molecule has 0 atom stereocenters. The van der Waals surface area contributed by atoms with E-state index >= 15 is 0 Å². The van der Waals surface area contributed by atoms with E-state index in [1.54, 1.807) is 0 Å². The Hall–Kier alpha value is -3.03. The van der Waals surface area contributed by atoms with Crippen LogP contribution in [-0.2, 0) is 9.47 Å². The summed E-state index contributed by atoms with van der Waals surface area (Å²) in [7, 11) is 2.46. The normalized spacial score (nSPS) is 14.1. The van der Waals surface area contributed by atoms with Crippen LogP contribution < -0.4 is 0 Å². The number of halogens is 2. The summed E-state index contributed by atoms with van der Waals surface area (Å²) in [6, 6.07) is 3.12. The molecule has 0 bridgehead atoms. The van der Waals surface area contributed by atoms with E-state index in [4.69, 9.17) is 9.47 Å². The molecule has 0 radical (unpaired) electrons. The van der Waals surface area contributed by atoms with Crippen LogP contribution in [0.4, 0.5) is 8.78 Å². The average molecular weight is 320 g/mol. The number of ketones is 2. The lowest BCUT2D eigenvalue weighted by molar-refractivity contribution is 0.0823. The highest BCUT2D eigenvalue weighted by Gasteiger charge is 2.38. The van der Waals surface area contributed by atoms with Crippen LogP contribution in [0.3, 0.4) is 0 Å². The molecule has 0 unspecified atom stereocenters. The highest BCUT2D eigenvalue weighted by atomic mass is 19.2. The maximum atomic E-state index is 13.3. The number of rotatable bonds is 3. The lowest BCUT2D eigenvalue weighted by Gasteiger charge is -2.14. The molecule has 1 aliphatic rings. The molecule has 2 aromatic rings. The summed E-state index contributed by atoms with van der Waals surface area (Å²) in [6.45, 7) is 0. The number of allylic oxidation sites excluding steroid dienone is 2. The van der Waals surface area contributed by atoms with Gasteiger partial charge in [-0.2, -0.15) is 0 Å². The van der Waals surface area contributed by atoms with E-state index in [-0.39, 0.29) is 34.3 Å². The SMILES string of the molecule is COC1=C(OC)C(=O)c2[nH]c(-c3ccc(F)c(F)c3)nc2C1=O. The van der Waals surface area contributed by atoms with Crippen molar-refractivity contribution in [1.29, 1.82) is 0 Å². The van der Waals surface area contributed by atoms with Gasteiger partial charge in [0, 0.05) is 5.56 Å². The minimum atomic E-state index is -1.07. The van der Waals surface area contributed by atoms with Crippen LogP contribution in [-0.4, -0.2) is 35.8 Å². The molecule has 118 valence electrons. The van der Waals surface area contributed by atoms with E-state index in [1.165, 1.54) is 20.3 Å². The largest absolute Gasteiger partial charge is 0.489 e. The molecule has 3 rings (SSSR count). The van der Waals surface area contributed by atoms with Crippen LogP contribution in [0.5, 0.6) is 0 Å². The third-order valence-corrected chi connectivity index (χ3v) is 3.37. The Bertz CT molecular complexity index is 827. The number of ether oxygens (including phenoxy) is 2. The quantitative estimate of drug-likeness (QED) is 0.938. The predicted molar refractivity (Wildman–Crippen MR) is 73.6 cm³/mol. The Balaban J connectivity index is 2.13. The van der Waals surface area contributed by atoms with Crippen molar-refractivity contribution in [3.8, 4) is 11.4 Å². The van der Waals surface area contributed by atoms with E-state index in [2.05, 4.69) is 9.97 Å². The number of aromatic nitrogens is 2. The van der Waals surface area contributed by atoms with Crippen LogP contribution in [0, 0.1) is 11.6 Å². The Kier molecular flexibility index (Phi) is 3.44. The molecule has 23 heavy (non-hydrogen) atoms. The van der Waals surface area contributed by atoms with Crippen molar-refractivity contribution in [2.45, 2.75) is 0 Å². The van der Waals surface area contributed by atoms with Crippen LogP contribution in [0.25, 0.3) is 11.4 Å². The Morgan fingerprint density at radius 1 is 1.00 bits per heavy atom. The molecule has 8 heteroatoms. The van der Waals surface area contributed by atoms with Gasteiger partial charge in [0.05, 0.1) is 14.2 Å². The number of nitrogens with one attached hydrogen (secondary N) is 1. The zero-order valence-electron chi connectivity index (χ0n) is 12.1. The van der Waals surface area contributed by atoms with Crippen molar-refractivity contribution < 1.29 is 27.8 Å². The summed E-state index contributed by atoms with van der Waals surface area (Å²) >= 11 is 0. The van der Waals surface area contributed by atoms with Crippen molar-refractivity contribution in [3.63, 3.8) is 0 Å². The average Bonchev–Trinajstić information content (AvgIpc) is 2.99. The molecule has 1 N–H and O–H groups in total. The van der Waals surface area contributed by atoms with E-state index in [1.807, 2.05) is 0 Å². The standard InChI is InChI=1S/C15H10F2N2O4/c1-22-13-11(20)9-10(12(21)14(13)23-2)19-15(18-9)6-3-4-7(16)8(17)5-6/h3-5H,1-2H3,(H,18,19). The second kappa shape index (κ2) is 5.31. The fourth-order valence-electron chi connectivity index (χ4n) is 2.28. The van der Waals surface area contributed by atoms with Crippen LogP contribution in [0.2, 0.25) is 0 Å². The first-order valence-corrected chi connectivity index (χ1v) is 6.45. The maximum absolute atomic E-state index is 13.3. The molecule has 0 aliphatic heterocycles. The fourth-order valence-corrected chi connectivity index (χ4v) is 2.28. The van der Waals surface area contributed by atoms with Crippen molar-refractivity contribution >= 4 is 11.6 Å². The second-order valence-corrected chi connectivity index (χ2v) is 4.66. The van der Waals surface area contributed by atoms with Gasteiger partial charge in [-0.1, -0.05) is 0 Å². The van der Waals surface area contributed by atoms with Crippen LogP contribution in [0.1, 0.15) is 21.0 Å². The highest BCUT2D eigenvalue weighted by molar-refractivity contribution is 6.24.